The van der Waals surface area contributed by atoms with Crippen molar-refractivity contribution in [3.63, 3.8) is 0 Å². The van der Waals surface area contributed by atoms with Crippen molar-refractivity contribution in [1.82, 2.24) is 14.9 Å². The molecular weight excluding hydrogens is 214 g/mol. The molecular formula is C13H17N3O. The number of hydrogen-bond donors (Lipinski definition) is 1. The number of rotatable bonds is 4. The summed E-state index contributed by atoms with van der Waals surface area (Å²) < 4.78 is 7.34. The quantitative estimate of drug-likeness (QED) is 0.872. The smallest absolute Gasteiger partial charge is 0.139 e. The van der Waals surface area contributed by atoms with Crippen molar-refractivity contribution in [3.05, 3.63) is 36.2 Å². The lowest BCUT2D eigenvalue weighted by atomic mass is 10.1. The number of hydrogen-bond acceptors (Lipinski definition) is 3. The van der Waals surface area contributed by atoms with Crippen LogP contribution in [0.15, 0.2) is 30.6 Å². The van der Waals surface area contributed by atoms with Crippen LogP contribution in [-0.4, -0.2) is 23.7 Å². The summed E-state index contributed by atoms with van der Waals surface area (Å²) in [5.41, 5.74) is 2.24. The molecule has 0 fully saturated rings. The van der Waals surface area contributed by atoms with Crippen molar-refractivity contribution >= 4 is 0 Å². The van der Waals surface area contributed by atoms with Gasteiger partial charge in [-0.2, -0.15) is 0 Å². The molecule has 1 aromatic heterocycles. The second-order valence-corrected chi connectivity index (χ2v) is 3.92. The average Bonchev–Trinajstić information content (AvgIpc) is 2.76. The Hall–Kier alpha value is -1.81. The second kappa shape index (κ2) is 5.01. The molecule has 0 unspecified atom stereocenters. The highest BCUT2D eigenvalue weighted by Crippen LogP contribution is 2.25. The molecule has 0 bridgehead atoms. The van der Waals surface area contributed by atoms with Crippen LogP contribution in [0.1, 0.15) is 5.56 Å². The normalized spacial score (nSPS) is 10.5. The lowest BCUT2D eigenvalue weighted by Crippen LogP contribution is -2.07. The number of aryl methyl sites for hydroxylation is 1. The molecule has 1 N–H and O–H groups in total. The number of imidazole rings is 1. The van der Waals surface area contributed by atoms with Gasteiger partial charge in [-0.15, -0.1) is 0 Å². The van der Waals surface area contributed by atoms with Gasteiger partial charge >= 0.3 is 0 Å². The van der Waals surface area contributed by atoms with Gasteiger partial charge in [0.2, 0.25) is 0 Å². The van der Waals surface area contributed by atoms with E-state index in [1.54, 1.807) is 13.3 Å². The lowest BCUT2D eigenvalue weighted by molar-refractivity contribution is 0.408. The van der Waals surface area contributed by atoms with Gasteiger partial charge in [0.1, 0.15) is 11.6 Å². The molecule has 17 heavy (non-hydrogen) atoms. The third kappa shape index (κ3) is 2.31. The third-order valence-electron chi connectivity index (χ3n) is 2.73. The fourth-order valence-electron chi connectivity index (χ4n) is 1.89. The van der Waals surface area contributed by atoms with Gasteiger partial charge in [0, 0.05) is 37.1 Å². The Kier molecular flexibility index (Phi) is 3.44. The van der Waals surface area contributed by atoms with Gasteiger partial charge in [-0.3, -0.25) is 0 Å². The van der Waals surface area contributed by atoms with Crippen molar-refractivity contribution in [2.45, 2.75) is 6.54 Å². The van der Waals surface area contributed by atoms with E-state index in [0.29, 0.717) is 0 Å². The Balaban J connectivity index is 2.43. The number of methoxy groups -OCH3 is 1. The third-order valence-corrected chi connectivity index (χ3v) is 2.73. The number of aromatic nitrogens is 2. The first-order chi connectivity index (χ1) is 8.26. The van der Waals surface area contributed by atoms with Crippen LogP contribution < -0.4 is 10.1 Å². The van der Waals surface area contributed by atoms with Crippen molar-refractivity contribution < 1.29 is 4.74 Å². The number of benzene rings is 1. The van der Waals surface area contributed by atoms with Crippen molar-refractivity contribution in [1.29, 1.82) is 0 Å². The van der Waals surface area contributed by atoms with Gasteiger partial charge in [0.25, 0.3) is 0 Å². The fraction of sp³-hybridized carbons (Fsp3) is 0.308. The van der Waals surface area contributed by atoms with E-state index < -0.39 is 0 Å². The minimum absolute atomic E-state index is 0.779. The summed E-state index contributed by atoms with van der Waals surface area (Å²) in [6, 6.07) is 6.12. The Labute approximate surface area is 101 Å². The first-order valence-electron chi connectivity index (χ1n) is 5.55. The first kappa shape index (κ1) is 11.7. The zero-order valence-electron chi connectivity index (χ0n) is 10.4. The fourth-order valence-corrected chi connectivity index (χ4v) is 1.89. The van der Waals surface area contributed by atoms with Gasteiger partial charge in [0.05, 0.1) is 7.11 Å². The van der Waals surface area contributed by atoms with E-state index in [9.17, 15) is 0 Å². The van der Waals surface area contributed by atoms with Crippen LogP contribution in [0.2, 0.25) is 0 Å². The zero-order valence-corrected chi connectivity index (χ0v) is 10.4. The molecule has 4 heteroatoms. The van der Waals surface area contributed by atoms with Crippen LogP contribution in [0.25, 0.3) is 11.4 Å². The first-order valence-corrected chi connectivity index (χ1v) is 5.55. The van der Waals surface area contributed by atoms with Gasteiger partial charge in [-0.05, 0) is 25.2 Å². The second-order valence-electron chi connectivity index (χ2n) is 3.92. The largest absolute Gasteiger partial charge is 0.496 e. The summed E-state index contributed by atoms with van der Waals surface area (Å²) in [5.74, 6) is 1.86. The summed E-state index contributed by atoms with van der Waals surface area (Å²) in [6.07, 6.45) is 3.74. The molecule has 2 aromatic rings. The zero-order chi connectivity index (χ0) is 12.3. The van der Waals surface area contributed by atoms with E-state index >= 15 is 0 Å². The molecule has 0 aliphatic heterocycles. The van der Waals surface area contributed by atoms with Crippen LogP contribution in [0.3, 0.4) is 0 Å². The Morgan fingerprint density at radius 3 is 2.82 bits per heavy atom. The minimum atomic E-state index is 0.779. The maximum absolute atomic E-state index is 5.33. The molecule has 0 atom stereocenters. The summed E-state index contributed by atoms with van der Waals surface area (Å²) in [4.78, 5) is 4.34. The lowest BCUT2D eigenvalue weighted by Gasteiger charge is -2.10. The topological polar surface area (TPSA) is 39.1 Å². The van der Waals surface area contributed by atoms with Crippen molar-refractivity contribution in [2.24, 2.45) is 7.05 Å². The van der Waals surface area contributed by atoms with E-state index in [0.717, 1.165) is 29.2 Å². The van der Waals surface area contributed by atoms with Crippen LogP contribution in [0.5, 0.6) is 5.75 Å². The maximum atomic E-state index is 5.33. The SMILES string of the molecule is CNCc1cc(-c2nccn2C)ccc1OC. The Morgan fingerprint density at radius 1 is 1.41 bits per heavy atom. The highest BCUT2D eigenvalue weighted by molar-refractivity contribution is 5.59. The molecule has 0 amide bonds. The van der Waals surface area contributed by atoms with Gasteiger partial charge < -0.3 is 14.6 Å². The van der Waals surface area contributed by atoms with Gasteiger partial charge in [-0.25, -0.2) is 4.98 Å². The van der Waals surface area contributed by atoms with E-state index in [4.69, 9.17) is 4.74 Å². The molecule has 0 radical (unpaired) electrons. The monoisotopic (exact) mass is 231 g/mol. The summed E-state index contributed by atoms with van der Waals surface area (Å²) in [7, 11) is 5.60. The number of nitrogens with zero attached hydrogens (tertiary/aromatic N) is 2. The van der Waals surface area contributed by atoms with Crippen molar-refractivity contribution in [2.75, 3.05) is 14.2 Å². The predicted molar refractivity (Wildman–Crippen MR) is 68.0 cm³/mol. The van der Waals surface area contributed by atoms with Gasteiger partial charge in [-0.1, -0.05) is 0 Å². The van der Waals surface area contributed by atoms with Crippen LogP contribution in [-0.2, 0) is 13.6 Å². The molecule has 1 heterocycles. The molecule has 0 saturated carbocycles. The van der Waals surface area contributed by atoms with E-state index in [1.807, 2.05) is 37.0 Å². The highest BCUT2D eigenvalue weighted by Gasteiger charge is 2.08. The standard InChI is InChI=1S/C13H17N3O/c1-14-9-11-8-10(4-5-12(11)17-3)13-15-6-7-16(13)2/h4-8,14H,9H2,1-3H3. The Morgan fingerprint density at radius 2 is 2.24 bits per heavy atom. The molecule has 0 saturated heterocycles. The summed E-state index contributed by atoms with van der Waals surface area (Å²) in [5, 5.41) is 3.14. The van der Waals surface area contributed by atoms with Crippen LogP contribution in [0, 0.1) is 0 Å². The van der Waals surface area contributed by atoms with E-state index in [2.05, 4.69) is 16.4 Å². The van der Waals surface area contributed by atoms with Crippen LogP contribution >= 0.6 is 0 Å². The average molecular weight is 231 g/mol. The van der Waals surface area contributed by atoms with E-state index in [-0.39, 0.29) is 0 Å². The molecule has 1 aromatic carbocycles. The Bertz CT molecular complexity index is 505. The molecule has 0 aliphatic rings. The highest BCUT2D eigenvalue weighted by atomic mass is 16.5. The number of ether oxygens (including phenoxy) is 1. The predicted octanol–water partition coefficient (Wildman–Crippen LogP) is 1.82. The molecule has 2 rings (SSSR count). The van der Waals surface area contributed by atoms with Gasteiger partial charge in [0.15, 0.2) is 0 Å². The molecule has 0 aliphatic carbocycles. The van der Waals surface area contributed by atoms with Crippen LogP contribution in [0.4, 0.5) is 0 Å². The summed E-state index contributed by atoms with van der Waals surface area (Å²) >= 11 is 0. The minimum Gasteiger partial charge on any atom is -0.496 e. The summed E-state index contributed by atoms with van der Waals surface area (Å²) in [6.45, 7) is 0.779. The molecule has 90 valence electrons. The molecule has 4 nitrogen and oxygen atoms in total. The molecule has 0 spiro atoms. The maximum Gasteiger partial charge on any atom is 0.139 e. The van der Waals surface area contributed by atoms with Crippen molar-refractivity contribution in [3.8, 4) is 17.1 Å². The van der Waals surface area contributed by atoms with E-state index in [1.165, 1.54) is 0 Å². The number of nitrogens with one attached hydrogen (secondary N) is 1.